The first-order valence-corrected chi connectivity index (χ1v) is 8.00. The highest BCUT2D eigenvalue weighted by atomic mass is 16.7. The molecule has 4 N–H and O–H groups in total. The van der Waals surface area contributed by atoms with Gasteiger partial charge >= 0.3 is 23.9 Å². The highest BCUT2D eigenvalue weighted by Gasteiger charge is 3.07. The molecule has 6 fully saturated rings. The van der Waals surface area contributed by atoms with Gasteiger partial charge < -0.3 is 29.9 Å². The molecule has 10 atom stereocenters. The van der Waals surface area contributed by atoms with Crippen LogP contribution in [0.3, 0.4) is 0 Å². The summed E-state index contributed by atoms with van der Waals surface area (Å²) >= 11 is 0. The van der Waals surface area contributed by atoms with Gasteiger partial charge in [-0.2, -0.15) is 0 Å². The molecule has 2 aliphatic heterocycles. The van der Waals surface area contributed by atoms with Gasteiger partial charge in [0, 0.05) is 23.7 Å². The predicted molar refractivity (Wildman–Crippen MR) is 69.2 cm³/mol. The van der Waals surface area contributed by atoms with E-state index in [9.17, 15) is 39.6 Å². The molecular formula is C15H12O10. The van der Waals surface area contributed by atoms with Crippen LogP contribution in [0.1, 0.15) is 6.42 Å². The number of epoxide rings is 2. The molecule has 6 aliphatic rings. The fourth-order valence-electron chi connectivity index (χ4n) is 7.54. The summed E-state index contributed by atoms with van der Waals surface area (Å²) < 4.78 is 10.6. The first-order chi connectivity index (χ1) is 11.7. The van der Waals surface area contributed by atoms with Crippen molar-refractivity contribution in [2.75, 3.05) is 0 Å². The minimum atomic E-state index is -1.82. The molecule has 6 rings (SSSR count). The van der Waals surface area contributed by atoms with Gasteiger partial charge in [-0.25, -0.2) is 19.2 Å². The van der Waals surface area contributed by atoms with Gasteiger partial charge in [-0.3, -0.25) is 0 Å². The molecule has 10 heteroatoms. The van der Waals surface area contributed by atoms with Crippen LogP contribution in [0.25, 0.3) is 0 Å². The number of rotatable bonds is 4. The van der Waals surface area contributed by atoms with Gasteiger partial charge in [-0.15, -0.1) is 0 Å². The lowest BCUT2D eigenvalue weighted by molar-refractivity contribution is -0.178. The summed E-state index contributed by atoms with van der Waals surface area (Å²) in [6.07, 6.45) is 0.422. The van der Waals surface area contributed by atoms with Gasteiger partial charge in [0.2, 0.25) is 22.4 Å². The SMILES string of the molecule is O=C(O)[C@]12O[C@@]1(C(=O)O)[C@@H]1C3CC([C@@H]4[C@H]3[C@@]3(C(=O)O)O[C@@]43C(=O)O)[C@@H]12. The first kappa shape index (κ1) is 14.0. The topological polar surface area (TPSA) is 174 Å². The largest absolute Gasteiger partial charge is 0.479 e. The van der Waals surface area contributed by atoms with Gasteiger partial charge in [0.15, 0.2) is 0 Å². The lowest BCUT2D eigenvalue weighted by atomic mass is 9.40. The molecule has 2 bridgehead atoms. The first-order valence-electron chi connectivity index (χ1n) is 8.00. The van der Waals surface area contributed by atoms with Gasteiger partial charge in [-0.05, 0) is 18.3 Å². The van der Waals surface area contributed by atoms with Crippen molar-refractivity contribution in [2.24, 2.45) is 35.5 Å². The van der Waals surface area contributed by atoms with Crippen molar-refractivity contribution in [1.82, 2.24) is 0 Å². The van der Waals surface area contributed by atoms with E-state index < -0.39 is 81.8 Å². The number of aliphatic carboxylic acids is 4. The highest BCUT2D eigenvalue weighted by molar-refractivity contribution is 6.03. The highest BCUT2D eigenvalue weighted by Crippen LogP contribution is 2.90. The third-order valence-corrected chi connectivity index (χ3v) is 7.98. The van der Waals surface area contributed by atoms with E-state index in [0.717, 1.165) is 0 Å². The molecule has 0 radical (unpaired) electrons. The summed E-state index contributed by atoms with van der Waals surface area (Å²) in [6, 6.07) is 0. The molecule has 132 valence electrons. The fourth-order valence-corrected chi connectivity index (χ4v) is 7.54. The minimum absolute atomic E-state index is 0.419. The maximum absolute atomic E-state index is 11.7. The van der Waals surface area contributed by atoms with E-state index in [1.165, 1.54) is 0 Å². The second-order valence-corrected chi connectivity index (χ2v) is 8.03. The zero-order valence-electron chi connectivity index (χ0n) is 12.4. The van der Waals surface area contributed by atoms with E-state index >= 15 is 0 Å². The molecule has 0 aromatic heterocycles. The number of carboxylic acid groups (broad SMARTS) is 4. The Labute approximate surface area is 138 Å². The molecule has 0 aromatic rings. The average molecular weight is 352 g/mol. The summed E-state index contributed by atoms with van der Waals surface area (Å²) in [5, 5.41) is 38.2. The number of hydrogen-bond acceptors (Lipinski definition) is 6. The molecule has 0 spiro atoms. The van der Waals surface area contributed by atoms with Crippen molar-refractivity contribution >= 4 is 23.9 Å². The third kappa shape index (κ3) is 0.858. The minimum Gasteiger partial charge on any atom is -0.479 e. The normalized spacial score (nSPS) is 63.0. The molecule has 10 nitrogen and oxygen atoms in total. The van der Waals surface area contributed by atoms with E-state index in [0.29, 0.717) is 6.42 Å². The van der Waals surface area contributed by atoms with Crippen molar-refractivity contribution in [3.05, 3.63) is 0 Å². The van der Waals surface area contributed by atoms with Crippen LogP contribution in [0, 0.1) is 35.5 Å². The molecule has 0 aromatic carbocycles. The standard InChI is InChI=1S/C15H12O10/c16-8(17)12-4-2-1-3(6(4)14(12,24-12)10(20)21)7-5(2)13(9(18)19)15(7,25-13)11(22)23/h2-7H,1H2,(H,16,17)(H,18,19)(H,20,21)(H,22,23)/t2?,3?,4-,5+,6+,7-,12-,13+,14+,15-. The Bertz CT molecular complexity index is 719. The molecule has 4 saturated carbocycles. The van der Waals surface area contributed by atoms with Crippen LogP contribution in [0.15, 0.2) is 0 Å². The Hall–Kier alpha value is -2.20. The van der Waals surface area contributed by atoms with Crippen LogP contribution in [-0.4, -0.2) is 66.7 Å². The lowest BCUT2D eigenvalue weighted by Gasteiger charge is -2.55. The smallest absolute Gasteiger partial charge is 0.340 e. The van der Waals surface area contributed by atoms with E-state index in [4.69, 9.17) is 9.47 Å². The molecule has 25 heavy (non-hydrogen) atoms. The summed E-state index contributed by atoms with van der Waals surface area (Å²) in [6.45, 7) is 0. The molecule has 2 unspecified atom stereocenters. The van der Waals surface area contributed by atoms with Gasteiger partial charge in [-0.1, -0.05) is 0 Å². The number of fused-ring (bicyclic) bond motifs is 14. The molecule has 2 saturated heterocycles. The van der Waals surface area contributed by atoms with Gasteiger partial charge in [0.25, 0.3) is 0 Å². The van der Waals surface area contributed by atoms with E-state index in [2.05, 4.69) is 0 Å². The predicted octanol–water partition coefficient (Wildman–Crippen LogP) is -1.52. The zero-order valence-corrected chi connectivity index (χ0v) is 12.4. The fraction of sp³-hybridized carbons (Fsp3) is 0.733. The molecule has 2 heterocycles. The number of carboxylic acids is 4. The van der Waals surface area contributed by atoms with Crippen LogP contribution in [0.4, 0.5) is 0 Å². The van der Waals surface area contributed by atoms with E-state index in [1.54, 1.807) is 0 Å². The maximum atomic E-state index is 11.7. The Kier molecular flexibility index (Phi) is 1.76. The number of ether oxygens (including phenoxy) is 2. The second-order valence-electron chi connectivity index (χ2n) is 8.03. The lowest BCUT2D eigenvalue weighted by Crippen LogP contribution is -2.74. The Morgan fingerprint density at radius 1 is 0.600 bits per heavy atom. The monoisotopic (exact) mass is 352 g/mol. The van der Waals surface area contributed by atoms with Crippen LogP contribution >= 0.6 is 0 Å². The summed E-state index contributed by atoms with van der Waals surface area (Å²) in [5.41, 5.74) is -7.26. The second kappa shape index (κ2) is 3.14. The quantitative estimate of drug-likeness (QED) is 0.343. The molecular weight excluding hydrogens is 340 g/mol. The van der Waals surface area contributed by atoms with Gasteiger partial charge in [0.05, 0.1) is 0 Å². The third-order valence-electron chi connectivity index (χ3n) is 7.98. The number of carbonyl (C=O) groups is 4. The summed E-state index contributed by atoms with van der Waals surface area (Å²) in [7, 11) is 0. The van der Waals surface area contributed by atoms with Gasteiger partial charge in [0.1, 0.15) is 0 Å². The Morgan fingerprint density at radius 3 is 1.04 bits per heavy atom. The Balaban J connectivity index is 1.48. The van der Waals surface area contributed by atoms with Crippen LogP contribution in [0.2, 0.25) is 0 Å². The van der Waals surface area contributed by atoms with Crippen LogP contribution in [-0.2, 0) is 28.7 Å². The van der Waals surface area contributed by atoms with Crippen molar-refractivity contribution in [3.63, 3.8) is 0 Å². The van der Waals surface area contributed by atoms with Crippen LogP contribution in [0.5, 0.6) is 0 Å². The average Bonchev–Trinajstić information content (AvgIpc) is 3.16. The zero-order chi connectivity index (χ0) is 17.9. The summed E-state index contributed by atoms with van der Waals surface area (Å²) in [5.74, 6) is -8.71. The van der Waals surface area contributed by atoms with Crippen molar-refractivity contribution < 1.29 is 49.1 Å². The molecule has 4 aliphatic carbocycles. The Morgan fingerprint density at radius 2 is 0.840 bits per heavy atom. The van der Waals surface area contributed by atoms with Crippen molar-refractivity contribution in [2.45, 2.75) is 28.8 Å². The van der Waals surface area contributed by atoms with Crippen LogP contribution < -0.4 is 0 Å². The summed E-state index contributed by atoms with van der Waals surface area (Å²) in [4.78, 5) is 46.9. The number of hydrogen-bond donors (Lipinski definition) is 4. The van der Waals surface area contributed by atoms with Crippen molar-refractivity contribution in [3.8, 4) is 0 Å². The van der Waals surface area contributed by atoms with Crippen molar-refractivity contribution in [1.29, 1.82) is 0 Å². The molecule has 0 amide bonds. The van der Waals surface area contributed by atoms with E-state index in [-0.39, 0.29) is 0 Å². The maximum Gasteiger partial charge on any atom is 0.340 e. The van der Waals surface area contributed by atoms with E-state index in [1.807, 2.05) is 0 Å².